The molecule has 0 aliphatic rings. The molecule has 0 amide bonds. The Morgan fingerprint density at radius 2 is 1.94 bits per heavy atom. The van der Waals surface area contributed by atoms with Gasteiger partial charge in [-0.3, -0.25) is 9.55 Å². The van der Waals surface area contributed by atoms with E-state index in [2.05, 4.69) is 20.2 Å². The van der Waals surface area contributed by atoms with E-state index in [-0.39, 0.29) is 5.16 Å². The van der Waals surface area contributed by atoms with Gasteiger partial charge in [-0.25, -0.2) is 18.5 Å². The van der Waals surface area contributed by atoms with E-state index in [1.54, 1.807) is 13.1 Å². The first kappa shape index (κ1) is 11.6. The SMILES string of the molecule is Cc1cnc(-c2nnc(S(N)(=O)=O)n2C)cn1. The zero-order chi connectivity index (χ0) is 12.6. The summed E-state index contributed by atoms with van der Waals surface area (Å²) in [5.41, 5.74) is 1.18. The van der Waals surface area contributed by atoms with Crippen LogP contribution in [0, 0.1) is 6.92 Å². The fraction of sp³-hybridized carbons (Fsp3) is 0.250. The van der Waals surface area contributed by atoms with Gasteiger partial charge in [0.05, 0.1) is 11.9 Å². The second-order valence-corrected chi connectivity index (χ2v) is 4.91. The molecule has 2 aromatic rings. The van der Waals surface area contributed by atoms with Crippen molar-refractivity contribution in [2.24, 2.45) is 12.2 Å². The lowest BCUT2D eigenvalue weighted by Crippen LogP contribution is -2.17. The van der Waals surface area contributed by atoms with E-state index in [0.29, 0.717) is 11.5 Å². The molecule has 8 nitrogen and oxygen atoms in total. The number of rotatable bonds is 2. The first-order chi connectivity index (χ1) is 7.89. The smallest absolute Gasteiger partial charge is 0.273 e. The molecule has 9 heteroatoms. The normalized spacial score (nSPS) is 11.7. The highest BCUT2D eigenvalue weighted by Crippen LogP contribution is 2.15. The molecule has 2 aromatic heterocycles. The molecule has 0 aromatic carbocycles. The summed E-state index contributed by atoms with van der Waals surface area (Å²) in [7, 11) is -2.39. The van der Waals surface area contributed by atoms with Crippen LogP contribution in [0.5, 0.6) is 0 Å². The molecule has 0 bridgehead atoms. The summed E-state index contributed by atoms with van der Waals surface area (Å²) >= 11 is 0. The number of nitrogens with two attached hydrogens (primary N) is 1. The third kappa shape index (κ3) is 2.15. The second-order valence-electron chi connectivity index (χ2n) is 3.45. The van der Waals surface area contributed by atoms with Crippen molar-refractivity contribution in [2.45, 2.75) is 12.1 Å². The van der Waals surface area contributed by atoms with Gasteiger partial charge in [-0.05, 0) is 6.92 Å². The Labute approximate surface area is 97.6 Å². The van der Waals surface area contributed by atoms with E-state index < -0.39 is 10.0 Å². The predicted molar refractivity (Wildman–Crippen MR) is 58.1 cm³/mol. The number of aromatic nitrogens is 5. The summed E-state index contributed by atoms with van der Waals surface area (Å²) in [5, 5.41) is 11.9. The van der Waals surface area contributed by atoms with E-state index in [9.17, 15) is 8.42 Å². The molecule has 0 unspecified atom stereocenters. The molecule has 17 heavy (non-hydrogen) atoms. The average molecular weight is 254 g/mol. The fourth-order valence-corrected chi connectivity index (χ4v) is 1.92. The minimum atomic E-state index is -3.89. The van der Waals surface area contributed by atoms with Crippen molar-refractivity contribution in [1.29, 1.82) is 0 Å². The number of aryl methyl sites for hydroxylation is 1. The molecule has 2 N–H and O–H groups in total. The Bertz CT molecular complexity index is 645. The Hall–Kier alpha value is -1.87. The van der Waals surface area contributed by atoms with E-state index in [1.165, 1.54) is 17.8 Å². The first-order valence-electron chi connectivity index (χ1n) is 4.61. The maximum absolute atomic E-state index is 11.2. The molecular formula is C8H10N6O2S. The summed E-state index contributed by atoms with van der Waals surface area (Å²) in [6.45, 7) is 1.79. The van der Waals surface area contributed by atoms with Crippen molar-refractivity contribution >= 4 is 10.0 Å². The molecule has 2 rings (SSSR count). The molecule has 2 heterocycles. The number of nitrogens with zero attached hydrogens (tertiary/aromatic N) is 5. The van der Waals surface area contributed by atoms with Gasteiger partial charge in [0.15, 0.2) is 5.82 Å². The average Bonchev–Trinajstić information content (AvgIpc) is 2.61. The Kier molecular flexibility index (Phi) is 2.63. The van der Waals surface area contributed by atoms with Crippen LogP contribution in [0.4, 0.5) is 0 Å². The molecule has 0 radical (unpaired) electrons. The summed E-state index contributed by atoms with van der Waals surface area (Å²) in [5.74, 6) is 0.293. The quantitative estimate of drug-likeness (QED) is 0.752. The minimum Gasteiger partial charge on any atom is -0.299 e. The number of primary sulfonamides is 1. The highest BCUT2D eigenvalue weighted by Gasteiger charge is 2.20. The minimum absolute atomic E-state index is 0.293. The van der Waals surface area contributed by atoms with Crippen LogP contribution in [0.25, 0.3) is 11.5 Å². The van der Waals surface area contributed by atoms with Crippen molar-refractivity contribution in [1.82, 2.24) is 24.7 Å². The Morgan fingerprint density at radius 1 is 1.24 bits per heavy atom. The monoisotopic (exact) mass is 254 g/mol. The summed E-state index contributed by atoms with van der Waals surface area (Å²) in [4.78, 5) is 8.13. The first-order valence-corrected chi connectivity index (χ1v) is 6.15. The van der Waals surface area contributed by atoms with Crippen LogP contribution < -0.4 is 5.14 Å². The number of hydrogen-bond acceptors (Lipinski definition) is 6. The van der Waals surface area contributed by atoms with E-state index in [1.807, 2.05) is 0 Å². The maximum atomic E-state index is 11.2. The van der Waals surface area contributed by atoms with E-state index in [0.717, 1.165) is 5.69 Å². The van der Waals surface area contributed by atoms with Crippen LogP contribution in [0.15, 0.2) is 17.6 Å². The standard InChI is InChI=1S/C8H10N6O2S/c1-5-3-11-6(4-10-5)7-12-13-8(14(7)2)17(9,15)16/h3-4H,1-2H3,(H2,9,15,16). The van der Waals surface area contributed by atoms with Crippen LogP contribution in [0.2, 0.25) is 0 Å². The van der Waals surface area contributed by atoms with Gasteiger partial charge in [-0.1, -0.05) is 0 Å². The number of hydrogen-bond donors (Lipinski definition) is 1. The molecular weight excluding hydrogens is 244 g/mol. The maximum Gasteiger partial charge on any atom is 0.273 e. The Balaban J connectivity index is 2.55. The van der Waals surface area contributed by atoms with Crippen molar-refractivity contribution < 1.29 is 8.42 Å². The van der Waals surface area contributed by atoms with Crippen molar-refractivity contribution in [3.8, 4) is 11.5 Å². The lowest BCUT2D eigenvalue weighted by Gasteiger charge is -2.01. The second kappa shape index (κ2) is 3.86. The Morgan fingerprint density at radius 3 is 2.41 bits per heavy atom. The highest BCUT2D eigenvalue weighted by atomic mass is 32.2. The van der Waals surface area contributed by atoms with Gasteiger partial charge in [0.1, 0.15) is 5.69 Å². The zero-order valence-electron chi connectivity index (χ0n) is 9.19. The van der Waals surface area contributed by atoms with E-state index in [4.69, 9.17) is 5.14 Å². The fourth-order valence-electron chi connectivity index (χ4n) is 1.29. The summed E-state index contributed by atoms with van der Waals surface area (Å²) < 4.78 is 23.6. The van der Waals surface area contributed by atoms with Gasteiger partial charge in [0.2, 0.25) is 0 Å². The van der Waals surface area contributed by atoms with Crippen molar-refractivity contribution in [2.75, 3.05) is 0 Å². The van der Waals surface area contributed by atoms with Crippen molar-refractivity contribution in [3.05, 3.63) is 18.1 Å². The summed E-state index contributed by atoms with van der Waals surface area (Å²) in [6.07, 6.45) is 3.05. The largest absolute Gasteiger partial charge is 0.299 e. The topological polar surface area (TPSA) is 117 Å². The predicted octanol–water partition coefficient (Wildman–Crippen LogP) is -0.772. The van der Waals surface area contributed by atoms with Gasteiger partial charge in [-0.15, -0.1) is 10.2 Å². The highest BCUT2D eigenvalue weighted by molar-refractivity contribution is 7.89. The van der Waals surface area contributed by atoms with Gasteiger partial charge in [0.25, 0.3) is 15.2 Å². The molecule has 0 fully saturated rings. The van der Waals surface area contributed by atoms with Crippen LogP contribution in [0.1, 0.15) is 5.69 Å². The van der Waals surface area contributed by atoms with Crippen LogP contribution >= 0.6 is 0 Å². The molecule has 0 spiro atoms. The van der Waals surface area contributed by atoms with Gasteiger partial charge >= 0.3 is 0 Å². The number of sulfonamides is 1. The third-order valence-electron chi connectivity index (χ3n) is 2.10. The van der Waals surface area contributed by atoms with Crippen LogP contribution in [0.3, 0.4) is 0 Å². The van der Waals surface area contributed by atoms with Gasteiger partial charge in [0, 0.05) is 13.2 Å². The molecule has 0 saturated carbocycles. The van der Waals surface area contributed by atoms with E-state index >= 15 is 0 Å². The third-order valence-corrected chi connectivity index (χ3v) is 2.96. The van der Waals surface area contributed by atoms with Crippen LogP contribution in [-0.4, -0.2) is 33.2 Å². The lowest BCUT2D eigenvalue weighted by molar-refractivity contribution is 0.580. The molecule has 0 aliphatic carbocycles. The molecule has 90 valence electrons. The van der Waals surface area contributed by atoms with Gasteiger partial charge < -0.3 is 0 Å². The van der Waals surface area contributed by atoms with Gasteiger partial charge in [-0.2, -0.15) is 0 Å². The van der Waals surface area contributed by atoms with Crippen molar-refractivity contribution in [3.63, 3.8) is 0 Å². The summed E-state index contributed by atoms with van der Waals surface area (Å²) in [6, 6.07) is 0. The molecule has 0 aliphatic heterocycles. The molecule has 0 atom stereocenters. The zero-order valence-corrected chi connectivity index (χ0v) is 10.0. The lowest BCUT2D eigenvalue weighted by atomic mass is 10.4. The van der Waals surface area contributed by atoms with Crippen LogP contribution in [-0.2, 0) is 17.1 Å². The molecule has 0 saturated heterocycles.